The van der Waals surface area contributed by atoms with E-state index in [0.717, 1.165) is 6.42 Å². The second kappa shape index (κ2) is 5.62. The molecular formula is C9H21O6P2+. The molecule has 8 heteroatoms. The van der Waals surface area contributed by atoms with Crippen LogP contribution >= 0.6 is 15.5 Å². The molecule has 1 heterocycles. The van der Waals surface area contributed by atoms with Crippen LogP contribution in [0.4, 0.5) is 0 Å². The molecule has 1 saturated heterocycles. The number of rotatable bonds is 5. The lowest BCUT2D eigenvalue weighted by Crippen LogP contribution is -2.39. The summed E-state index contributed by atoms with van der Waals surface area (Å²) in [7, 11) is -4.30. The topological polar surface area (TPSA) is 74.2 Å². The summed E-state index contributed by atoms with van der Waals surface area (Å²) in [6, 6.07) is 0. The number of hydrogen-bond acceptors (Lipinski definition) is 6. The molecule has 1 aliphatic heterocycles. The molecule has 0 aromatic heterocycles. The van der Waals surface area contributed by atoms with Crippen LogP contribution in [0.5, 0.6) is 0 Å². The van der Waals surface area contributed by atoms with Gasteiger partial charge in [0.2, 0.25) is 0 Å². The van der Waals surface area contributed by atoms with Gasteiger partial charge >= 0.3 is 15.5 Å². The van der Waals surface area contributed by atoms with Gasteiger partial charge in [-0.3, -0.25) is 4.57 Å². The summed E-state index contributed by atoms with van der Waals surface area (Å²) < 4.78 is 32.3. The molecule has 0 aromatic rings. The summed E-state index contributed by atoms with van der Waals surface area (Å²) in [4.78, 5) is 9.62. The van der Waals surface area contributed by atoms with E-state index in [-0.39, 0.29) is 12.0 Å². The van der Waals surface area contributed by atoms with Crippen molar-refractivity contribution in [2.75, 3.05) is 40.3 Å². The summed E-state index contributed by atoms with van der Waals surface area (Å²) in [5.74, 6) is 0. The Morgan fingerprint density at radius 2 is 2.00 bits per heavy atom. The van der Waals surface area contributed by atoms with Crippen LogP contribution in [0.2, 0.25) is 0 Å². The molecule has 17 heavy (non-hydrogen) atoms. The van der Waals surface area contributed by atoms with Crippen molar-refractivity contribution in [1.29, 1.82) is 0 Å². The van der Waals surface area contributed by atoms with Gasteiger partial charge in [0.05, 0.1) is 6.61 Å². The molecule has 1 N–H and O–H groups in total. The highest BCUT2D eigenvalue weighted by atomic mass is 31.2. The first kappa shape index (κ1) is 15.5. The van der Waals surface area contributed by atoms with Gasteiger partial charge < -0.3 is 9.05 Å². The molecule has 102 valence electrons. The molecule has 0 spiro atoms. The monoisotopic (exact) mass is 287 g/mol. The standard InChI is InChI=1S/C9H21O6P2/c1-5-9(6-13-16(3,10)12-2)7-14-17(4,11)15-8-9/h11H,5-8H2,1-4H3/q+1. The Morgan fingerprint density at radius 3 is 2.41 bits per heavy atom. The minimum absolute atomic E-state index is 0.227. The average Bonchev–Trinajstić information content (AvgIpc) is 2.29. The van der Waals surface area contributed by atoms with Gasteiger partial charge in [-0.25, -0.2) is 0 Å². The number of hydrogen-bond donors (Lipinski definition) is 1. The Morgan fingerprint density at radius 1 is 1.47 bits per heavy atom. The van der Waals surface area contributed by atoms with E-state index in [9.17, 15) is 9.46 Å². The summed E-state index contributed by atoms with van der Waals surface area (Å²) in [6.45, 7) is 5.85. The average molecular weight is 287 g/mol. The first-order chi connectivity index (χ1) is 7.74. The predicted molar refractivity (Wildman–Crippen MR) is 66.2 cm³/mol. The maximum Gasteiger partial charge on any atom is 0.405 e. The molecule has 1 atom stereocenters. The van der Waals surface area contributed by atoms with Crippen LogP contribution in [0.15, 0.2) is 0 Å². The molecule has 0 saturated carbocycles. The lowest BCUT2D eigenvalue weighted by atomic mass is 9.88. The Kier molecular flexibility index (Phi) is 5.13. The molecule has 0 bridgehead atoms. The lowest BCUT2D eigenvalue weighted by molar-refractivity contribution is -0.0267. The van der Waals surface area contributed by atoms with Crippen LogP contribution in [-0.4, -0.2) is 45.2 Å². The van der Waals surface area contributed by atoms with Crippen molar-refractivity contribution in [3.8, 4) is 0 Å². The van der Waals surface area contributed by atoms with E-state index in [4.69, 9.17) is 18.1 Å². The third-order valence-electron chi connectivity index (χ3n) is 2.91. The summed E-state index contributed by atoms with van der Waals surface area (Å²) in [5, 5.41) is 0. The van der Waals surface area contributed by atoms with Gasteiger partial charge in [0, 0.05) is 19.2 Å². The molecular weight excluding hydrogens is 266 g/mol. The fourth-order valence-corrected chi connectivity index (χ4v) is 3.00. The van der Waals surface area contributed by atoms with Crippen LogP contribution in [-0.2, 0) is 22.7 Å². The lowest BCUT2D eigenvalue weighted by Gasteiger charge is -2.35. The van der Waals surface area contributed by atoms with Crippen molar-refractivity contribution in [3.63, 3.8) is 0 Å². The SMILES string of the molecule is CCC1(COP(C)(=O)OC)CO[P+](C)(O)OC1. The normalized spacial score (nSPS) is 37.7. The van der Waals surface area contributed by atoms with Gasteiger partial charge in [-0.1, -0.05) is 6.92 Å². The molecule has 1 fully saturated rings. The smallest absolute Gasteiger partial charge is 0.312 e. The van der Waals surface area contributed by atoms with Gasteiger partial charge in [0.25, 0.3) is 0 Å². The molecule has 1 unspecified atom stereocenters. The van der Waals surface area contributed by atoms with Gasteiger partial charge in [-0.15, -0.1) is 0 Å². The first-order valence-corrected chi connectivity index (χ1v) is 9.42. The largest absolute Gasteiger partial charge is 0.405 e. The van der Waals surface area contributed by atoms with Gasteiger partial charge in [-0.05, 0) is 6.42 Å². The van der Waals surface area contributed by atoms with Crippen LogP contribution < -0.4 is 0 Å². The fraction of sp³-hybridized carbons (Fsp3) is 1.00. The van der Waals surface area contributed by atoms with Crippen molar-refractivity contribution < 1.29 is 27.6 Å². The van der Waals surface area contributed by atoms with E-state index in [0.29, 0.717) is 13.2 Å². The van der Waals surface area contributed by atoms with Crippen molar-refractivity contribution in [2.24, 2.45) is 5.41 Å². The maximum atomic E-state index is 11.6. The highest BCUT2D eigenvalue weighted by molar-refractivity contribution is 7.59. The van der Waals surface area contributed by atoms with E-state index < -0.39 is 15.5 Å². The van der Waals surface area contributed by atoms with Crippen LogP contribution in [0.1, 0.15) is 13.3 Å². The summed E-state index contributed by atoms with van der Waals surface area (Å²) >= 11 is 0. The van der Waals surface area contributed by atoms with Crippen molar-refractivity contribution >= 4 is 15.5 Å². The zero-order valence-corrected chi connectivity index (χ0v) is 12.5. The zero-order chi connectivity index (χ0) is 13.2. The van der Waals surface area contributed by atoms with E-state index in [1.54, 1.807) is 6.66 Å². The molecule has 0 aliphatic carbocycles. The third kappa shape index (κ3) is 4.56. The summed E-state index contributed by atoms with van der Waals surface area (Å²) in [6.07, 6.45) is 0.747. The van der Waals surface area contributed by atoms with Gasteiger partial charge in [0.15, 0.2) is 0 Å². The van der Waals surface area contributed by atoms with Gasteiger partial charge in [0.1, 0.15) is 19.9 Å². The predicted octanol–water partition coefficient (Wildman–Crippen LogP) is 2.30. The maximum absolute atomic E-state index is 11.6. The fourth-order valence-electron chi connectivity index (χ4n) is 1.29. The van der Waals surface area contributed by atoms with Crippen LogP contribution in [0.25, 0.3) is 0 Å². The van der Waals surface area contributed by atoms with Crippen molar-refractivity contribution in [2.45, 2.75) is 13.3 Å². The minimum atomic E-state index is -2.99. The molecule has 0 aromatic carbocycles. The van der Waals surface area contributed by atoms with E-state index in [1.165, 1.54) is 13.8 Å². The zero-order valence-electron chi connectivity index (χ0n) is 10.7. The molecule has 0 amide bonds. The molecule has 6 nitrogen and oxygen atoms in total. The van der Waals surface area contributed by atoms with Crippen LogP contribution in [0, 0.1) is 5.41 Å². The Bertz CT molecular complexity index is 296. The Labute approximate surface area is 103 Å². The molecule has 0 radical (unpaired) electrons. The minimum Gasteiger partial charge on any atom is -0.312 e. The third-order valence-corrected chi connectivity index (χ3v) is 5.39. The quantitative estimate of drug-likeness (QED) is 0.782. The Balaban J connectivity index is 2.57. The van der Waals surface area contributed by atoms with Crippen molar-refractivity contribution in [1.82, 2.24) is 0 Å². The second-order valence-corrected chi connectivity index (χ2v) is 8.72. The highest BCUT2D eigenvalue weighted by Gasteiger charge is 2.48. The first-order valence-electron chi connectivity index (χ1n) is 5.40. The van der Waals surface area contributed by atoms with E-state index in [2.05, 4.69) is 0 Å². The van der Waals surface area contributed by atoms with E-state index in [1.807, 2.05) is 6.92 Å². The molecule has 1 rings (SSSR count). The van der Waals surface area contributed by atoms with Crippen molar-refractivity contribution in [3.05, 3.63) is 0 Å². The molecule has 1 aliphatic rings. The van der Waals surface area contributed by atoms with Crippen LogP contribution in [0.3, 0.4) is 0 Å². The Hall–Kier alpha value is 0.460. The van der Waals surface area contributed by atoms with E-state index >= 15 is 0 Å². The highest BCUT2D eigenvalue weighted by Crippen LogP contribution is 2.58. The summed E-state index contributed by atoms with van der Waals surface area (Å²) in [5.41, 5.74) is -0.369. The van der Waals surface area contributed by atoms with Gasteiger partial charge in [-0.2, -0.15) is 13.9 Å². The second-order valence-electron chi connectivity index (χ2n) is 4.43.